The van der Waals surface area contributed by atoms with Gasteiger partial charge in [0.05, 0.1) is 12.6 Å². The molecular weight excluding hydrogens is 322 g/mol. The zero-order valence-electron chi connectivity index (χ0n) is 16.7. The summed E-state index contributed by atoms with van der Waals surface area (Å²) in [6.07, 6.45) is 1.69. The fourth-order valence-electron chi connectivity index (χ4n) is 2.84. The van der Waals surface area contributed by atoms with Crippen molar-refractivity contribution in [1.29, 1.82) is 0 Å². The standard InChI is InChI=1S/C23H31NO2/c1-22(2,3)18-12-17(21(26)19(13-18)23(4,5)6)14-24-20(15-25)16-10-8-7-9-11-16/h7-14,20,25-26H,15H2,1-6H3/t20-/m1/s1. The second-order valence-corrected chi connectivity index (χ2v) is 8.85. The van der Waals surface area contributed by atoms with Gasteiger partial charge in [0.1, 0.15) is 5.75 Å². The maximum absolute atomic E-state index is 10.8. The molecule has 2 aromatic carbocycles. The van der Waals surface area contributed by atoms with E-state index in [4.69, 9.17) is 0 Å². The summed E-state index contributed by atoms with van der Waals surface area (Å²) in [6, 6.07) is 13.4. The van der Waals surface area contributed by atoms with Crippen LogP contribution in [0, 0.1) is 0 Å². The number of aliphatic imine (C=N–C) groups is 1. The number of nitrogens with zero attached hydrogens (tertiary/aromatic N) is 1. The van der Waals surface area contributed by atoms with Crippen molar-refractivity contribution in [2.45, 2.75) is 58.4 Å². The minimum atomic E-state index is -0.341. The van der Waals surface area contributed by atoms with Crippen LogP contribution in [0.3, 0.4) is 0 Å². The van der Waals surface area contributed by atoms with Gasteiger partial charge in [0.25, 0.3) is 0 Å². The first kappa shape index (κ1) is 20.2. The molecule has 2 N–H and O–H groups in total. The molecule has 0 radical (unpaired) electrons. The fourth-order valence-corrected chi connectivity index (χ4v) is 2.84. The fraction of sp³-hybridized carbons (Fsp3) is 0.435. The van der Waals surface area contributed by atoms with Crippen molar-refractivity contribution < 1.29 is 10.2 Å². The van der Waals surface area contributed by atoms with E-state index in [0.29, 0.717) is 5.56 Å². The molecule has 0 spiro atoms. The Labute approximate surface area is 157 Å². The minimum absolute atomic E-state index is 0.0356. The normalized spacial score (nSPS) is 14.0. The highest BCUT2D eigenvalue weighted by molar-refractivity contribution is 5.85. The number of aliphatic hydroxyl groups is 1. The molecule has 2 rings (SSSR count). The molecule has 0 saturated carbocycles. The van der Waals surface area contributed by atoms with Crippen LogP contribution in [0.4, 0.5) is 0 Å². The van der Waals surface area contributed by atoms with Crippen molar-refractivity contribution in [1.82, 2.24) is 0 Å². The van der Waals surface area contributed by atoms with Crippen LogP contribution >= 0.6 is 0 Å². The predicted molar refractivity (Wildman–Crippen MR) is 109 cm³/mol. The van der Waals surface area contributed by atoms with Gasteiger partial charge >= 0.3 is 0 Å². The topological polar surface area (TPSA) is 52.8 Å². The zero-order chi connectivity index (χ0) is 19.5. The zero-order valence-corrected chi connectivity index (χ0v) is 16.7. The highest BCUT2D eigenvalue weighted by Crippen LogP contribution is 2.37. The second-order valence-electron chi connectivity index (χ2n) is 8.85. The van der Waals surface area contributed by atoms with E-state index in [1.165, 1.54) is 0 Å². The monoisotopic (exact) mass is 353 g/mol. The van der Waals surface area contributed by atoms with Crippen molar-refractivity contribution in [3.63, 3.8) is 0 Å². The molecule has 0 aliphatic heterocycles. The largest absolute Gasteiger partial charge is 0.507 e. The summed E-state index contributed by atoms with van der Waals surface area (Å²) in [7, 11) is 0. The van der Waals surface area contributed by atoms with E-state index >= 15 is 0 Å². The molecule has 0 aliphatic carbocycles. The van der Waals surface area contributed by atoms with Crippen LogP contribution in [0.5, 0.6) is 5.75 Å². The molecule has 0 amide bonds. The Balaban J connectivity index is 2.51. The smallest absolute Gasteiger partial charge is 0.128 e. The number of benzene rings is 2. The Morgan fingerprint density at radius 2 is 1.58 bits per heavy atom. The lowest BCUT2D eigenvalue weighted by Gasteiger charge is -2.27. The van der Waals surface area contributed by atoms with Crippen molar-refractivity contribution >= 4 is 6.21 Å². The molecule has 0 unspecified atom stereocenters. The summed E-state index contributed by atoms with van der Waals surface area (Å²) in [5.41, 5.74) is 3.50. The molecule has 0 heterocycles. The van der Waals surface area contributed by atoms with Crippen LogP contribution < -0.4 is 0 Å². The number of hydrogen-bond donors (Lipinski definition) is 2. The van der Waals surface area contributed by atoms with Crippen LogP contribution in [0.25, 0.3) is 0 Å². The van der Waals surface area contributed by atoms with Crippen LogP contribution in [0.2, 0.25) is 0 Å². The molecular formula is C23H31NO2. The van der Waals surface area contributed by atoms with Crippen molar-refractivity contribution in [2.24, 2.45) is 4.99 Å². The van der Waals surface area contributed by atoms with E-state index in [1.807, 2.05) is 36.4 Å². The Kier molecular flexibility index (Phi) is 5.92. The molecule has 1 atom stereocenters. The van der Waals surface area contributed by atoms with Crippen LogP contribution in [0.1, 0.15) is 69.8 Å². The van der Waals surface area contributed by atoms with E-state index in [1.54, 1.807) is 6.21 Å². The van der Waals surface area contributed by atoms with E-state index in [2.05, 4.69) is 52.6 Å². The van der Waals surface area contributed by atoms with E-state index < -0.39 is 0 Å². The predicted octanol–water partition coefficient (Wildman–Crippen LogP) is 5.14. The van der Waals surface area contributed by atoms with Gasteiger partial charge < -0.3 is 10.2 Å². The third kappa shape index (κ3) is 4.73. The van der Waals surface area contributed by atoms with Gasteiger partial charge in [-0.05, 0) is 28.0 Å². The Morgan fingerprint density at radius 1 is 0.962 bits per heavy atom. The number of aliphatic hydroxyl groups excluding tert-OH is 1. The molecule has 3 heteroatoms. The maximum atomic E-state index is 10.8. The van der Waals surface area contributed by atoms with Gasteiger partial charge in [-0.15, -0.1) is 0 Å². The van der Waals surface area contributed by atoms with Gasteiger partial charge in [-0.2, -0.15) is 0 Å². The average Bonchev–Trinajstić information content (AvgIpc) is 2.55. The number of hydrogen-bond acceptors (Lipinski definition) is 3. The maximum Gasteiger partial charge on any atom is 0.128 e. The molecule has 26 heavy (non-hydrogen) atoms. The number of aromatic hydroxyl groups is 1. The van der Waals surface area contributed by atoms with Gasteiger partial charge in [-0.25, -0.2) is 0 Å². The average molecular weight is 354 g/mol. The minimum Gasteiger partial charge on any atom is -0.507 e. The third-order valence-electron chi connectivity index (χ3n) is 4.56. The first-order valence-electron chi connectivity index (χ1n) is 9.11. The highest BCUT2D eigenvalue weighted by atomic mass is 16.3. The molecule has 0 aliphatic rings. The van der Waals surface area contributed by atoms with Gasteiger partial charge in [0, 0.05) is 17.3 Å². The summed E-state index contributed by atoms with van der Waals surface area (Å²) < 4.78 is 0. The van der Waals surface area contributed by atoms with E-state index in [0.717, 1.165) is 16.7 Å². The lowest BCUT2D eigenvalue weighted by molar-refractivity contribution is 0.269. The van der Waals surface area contributed by atoms with Crippen molar-refractivity contribution in [2.75, 3.05) is 6.61 Å². The molecule has 2 aromatic rings. The Bertz CT molecular complexity index is 765. The van der Waals surface area contributed by atoms with Crippen molar-refractivity contribution in [3.8, 4) is 5.75 Å². The number of phenolic OH excluding ortho intramolecular Hbond substituents is 1. The summed E-state index contributed by atoms with van der Waals surface area (Å²) in [5.74, 6) is 0.263. The number of phenols is 1. The lowest BCUT2D eigenvalue weighted by atomic mass is 9.79. The first-order chi connectivity index (χ1) is 12.0. The lowest BCUT2D eigenvalue weighted by Crippen LogP contribution is -2.17. The second kappa shape index (κ2) is 7.63. The SMILES string of the molecule is CC(C)(C)c1cc(C=N[C@H](CO)c2ccccc2)c(O)c(C(C)(C)C)c1. The van der Waals surface area contributed by atoms with Crippen LogP contribution in [-0.2, 0) is 10.8 Å². The van der Waals surface area contributed by atoms with Gasteiger partial charge in [-0.3, -0.25) is 4.99 Å². The summed E-state index contributed by atoms with van der Waals surface area (Å²) in [5, 5.41) is 20.5. The molecule has 3 nitrogen and oxygen atoms in total. The molecule has 0 saturated heterocycles. The highest BCUT2D eigenvalue weighted by Gasteiger charge is 2.24. The molecule has 0 bridgehead atoms. The molecule has 140 valence electrons. The Morgan fingerprint density at radius 3 is 2.08 bits per heavy atom. The van der Waals surface area contributed by atoms with Gasteiger partial charge in [-0.1, -0.05) is 77.9 Å². The number of rotatable bonds is 4. The summed E-state index contributed by atoms with van der Waals surface area (Å²) in [4.78, 5) is 4.55. The molecule has 0 fully saturated rings. The third-order valence-corrected chi connectivity index (χ3v) is 4.56. The quantitative estimate of drug-likeness (QED) is 0.748. The van der Waals surface area contributed by atoms with E-state index in [9.17, 15) is 10.2 Å². The van der Waals surface area contributed by atoms with E-state index in [-0.39, 0.29) is 29.2 Å². The molecule has 0 aromatic heterocycles. The van der Waals surface area contributed by atoms with Crippen molar-refractivity contribution in [3.05, 3.63) is 64.7 Å². The van der Waals surface area contributed by atoms with Crippen LogP contribution in [-0.4, -0.2) is 23.0 Å². The summed E-state index contributed by atoms with van der Waals surface area (Å²) >= 11 is 0. The summed E-state index contributed by atoms with van der Waals surface area (Å²) in [6.45, 7) is 12.7. The first-order valence-corrected chi connectivity index (χ1v) is 9.11. The van der Waals surface area contributed by atoms with Crippen LogP contribution in [0.15, 0.2) is 47.5 Å². The van der Waals surface area contributed by atoms with Gasteiger partial charge in [0.15, 0.2) is 0 Å². The Hall–Kier alpha value is -2.13. The van der Waals surface area contributed by atoms with Gasteiger partial charge in [0.2, 0.25) is 0 Å².